The van der Waals surface area contributed by atoms with E-state index >= 15 is 0 Å². The van der Waals surface area contributed by atoms with Gasteiger partial charge in [-0.15, -0.1) is 0 Å². The van der Waals surface area contributed by atoms with E-state index in [9.17, 15) is 9.90 Å². The van der Waals surface area contributed by atoms with Gasteiger partial charge in [0.1, 0.15) is 5.75 Å². The van der Waals surface area contributed by atoms with E-state index in [1.165, 1.54) is 0 Å². The van der Waals surface area contributed by atoms with Crippen LogP contribution in [-0.2, 0) is 4.74 Å². The molecule has 1 aromatic heterocycles. The summed E-state index contributed by atoms with van der Waals surface area (Å²) in [4.78, 5) is 12.9. The number of carbonyl (C=O) groups is 1. The van der Waals surface area contributed by atoms with E-state index in [4.69, 9.17) is 4.74 Å². The number of phenolic OH excluding ortho intramolecular Hbond substituents is 1. The van der Waals surface area contributed by atoms with Gasteiger partial charge in [-0.3, -0.25) is 9.48 Å². The zero-order valence-electron chi connectivity index (χ0n) is 14.5. The lowest BCUT2D eigenvalue weighted by atomic mass is 9.92. The number of fused-ring (bicyclic) bond motifs is 3. The normalized spacial score (nSPS) is 26.1. The van der Waals surface area contributed by atoms with E-state index in [1.54, 1.807) is 16.8 Å². The number of aromatic hydroxyl groups is 1. The monoisotopic (exact) mass is 344 g/mol. The first-order chi connectivity index (χ1) is 12.0. The third kappa shape index (κ3) is 2.98. The zero-order valence-corrected chi connectivity index (χ0v) is 14.5. The third-order valence-corrected chi connectivity index (χ3v) is 5.00. The molecule has 4 rings (SSSR count). The van der Waals surface area contributed by atoms with Crippen LogP contribution in [0.4, 0.5) is 0 Å². The van der Waals surface area contributed by atoms with Crippen molar-refractivity contribution in [3.8, 4) is 5.75 Å². The molecule has 0 aliphatic carbocycles. The molecule has 7 heteroatoms. The van der Waals surface area contributed by atoms with Crippen molar-refractivity contribution in [2.24, 2.45) is 0 Å². The molecule has 7 nitrogen and oxygen atoms in total. The van der Waals surface area contributed by atoms with E-state index in [0.29, 0.717) is 24.3 Å². The molecule has 1 amide bonds. The van der Waals surface area contributed by atoms with Crippen molar-refractivity contribution in [1.29, 1.82) is 0 Å². The minimum Gasteiger partial charge on any atom is -0.507 e. The molecule has 3 heterocycles. The van der Waals surface area contributed by atoms with Gasteiger partial charge < -0.3 is 20.5 Å². The molecule has 1 aromatic carbocycles. The largest absolute Gasteiger partial charge is 0.507 e. The minimum absolute atomic E-state index is 0.0881. The predicted molar refractivity (Wildman–Crippen MR) is 93.8 cm³/mol. The molecule has 25 heavy (non-hydrogen) atoms. The van der Waals surface area contributed by atoms with Crippen molar-refractivity contribution in [3.05, 3.63) is 23.9 Å². The summed E-state index contributed by atoms with van der Waals surface area (Å²) in [6.07, 6.45) is 1.69. The van der Waals surface area contributed by atoms with Crippen molar-refractivity contribution >= 4 is 16.8 Å². The fourth-order valence-corrected chi connectivity index (χ4v) is 3.94. The van der Waals surface area contributed by atoms with Crippen LogP contribution < -0.4 is 10.6 Å². The standard InChI is InChI=1S/C18H24N4O3/c1-10(2)22-14-4-3-5-15(23)16(14)17(21-22)18(24)20-11-6-12-8-25-9-13(7-11)19-12/h3-5,10-13,19,23H,6-9H2,1-2H3,(H,20,24)/t11?,12-,13+. The molecule has 2 aliphatic rings. The topological polar surface area (TPSA) is 88.4 Å². The first-order valence-corrected chi connectivity index (χ1v) is 8.87. The number of piperidine rings is 1. The average molecular weight is 344 g/mol. The lowest BCUT2D eigenvalue weighted by Crippen LogP contribution is -2.58. The van der Waals surface area contributed by atoms with E-state index in [-0.39, 0.29) is 35.8 Å². The van der Waals surface area contributed by atoms with Gasteiger partial charge in [0, 0.05) is 24.2 Å². The van der Waals surface area contributed by atoms with Gasteiger partial charge in [0.15, 0.2) is 5.69 Å². The maximum atomic E-state index is 12.9. The molecule has 2 saturated heterocycles. The summed E-state index contributed by atoms with van der Waals surface area (Å²) in [5.41, 5.74) is 1.07. The van der Waals surface area contributed by atoms with Gasteiger partial charge in [0.05, 0.1) is 24.1 Å². The van der Waals surface area contributed by atoms with Gasteiger partial charge in [0.2, 0.25) is 0 Å². The van der Waals surface area contributed by atoms with E-state index < -0.39 is 0 Å². The summed E-state index contributed by atoms with van der Waals surface area (Å²) in [6.45, 7) is 5.39. The zero-order chi connectivity index (χ0) is 17.6. The van der Waals surface area contributed by atoms with Crippen LogP contribution in [0.15, 0.2) is 18.2 Å². The quantitative estimate of drug-likeness (QED) is 0.787. The molecule has 3 atom stereocenters. The Balaban J connectivity index is 1.62. The van der Waals surface area contributed by atoms with E-state index in [1.807, 2.05) is 19.9 Å². The van der Waals surface area contributed by atoms with Crippen molar-refractivity contribution in [3.63, 3.8) is 0 Å². The number of ether oxygens (including phenoxy) is 1. The van der Waals surface area contributed by atoms with Crippen molar-refractivity contribution in [2.75, 3.05) is 13.2 Å². The van der Waals surface area contributed by atoms with Gasteiger partial charge in [-0.1, -0.05) is 6.07 Å². The third-order valence-electron chi connectivity index (χ3n) is 5.00. The molecule has 0 radical (unpaired) electrons. The lowest BCUT2D eigenvalue weighted by Gasteiger charge is -2.40. The number of carbonyl (C=O) groups excluding carboxylic acids is 1. The fourth-order valence-electron chi connectivity index (χ4n) is 3.94. The highest BCUT2D eigenvalue weighted by Crippen LogP contribution is 2.30. The fraction of sp³-hybridized carbons (Fsp3) is 0.556. The number of aromatic nitrogens is 2. The van der Waals surface area contributed by atoms with Gasteiger partial charge >= 0.3 is 0 Å². The maximum Gasteiger partial charge on any atom is 0.272 e. The highest BCUT2D eigenvalue weighted by molar-refractivity contribution is 6.07. The number of benzene rings is 1. The lowest BCUT2D eigenvalue weighted by molar-refractivity contribution is 0.0148. The second kappa shape index (κ2) is 6.31. The number of hydrogen-bond donors (Lipinski definition) is 3. The number of nitrogens with one attached hydrogen (secondary N) is 2. The Kier molecular flexibility index (Phi) is 4.13. The molecule has 3 N–H and O–H groups in total. The second-order valence-electron chi connectivity index (χ2n) is 7.30. The van der Waals surface area contributed by atoms with Crippen LogP contribution in [0.25, 0.3) is 10.9 Å². The van der Waals surface area contributed by atoms with Gasteiger partial charge in [-0.25, -0.2) is 0 Å². The summed E-state index contributed by atoms with van der Waals surface area (Å²) in [6, 6.07) is 6.02. The highest BCUT2D eigenvalue weighted by Gasteiger charge is 2.33. The summed E-state index contributed by atoms with van der Waals surface area (Å²) >= 11 is 0. The summed E-state index contributed by atoms with van der Waals surface area (Å²) in [5.74, 6) is -0.137. The first-order valence-electron chi connectivity index (χ1n) is 8.87. The van der Waals surface area contributed by atoms with E-state index in [0.717, 1.165) is 18.4 Å². The maximum absolute atomic E-state index is 12.9. The number of rotatable bonds is 3. The Morgan fingerprint density at radius 2 is 2.08 bits per heavy atom. The van der Waals surface area contributed by atoms with E-state index in [2.05, 4.69) is 15.7 Å². The van der Waals surface area contributed by atoms with Crippen LogP contribution in [0.2, 0.25) is 0 Å². The molecule has 2 aliphatic heterocycles. The molecule has 0 saturated carbocycles. The molecule has 0 spiro atoms. The molecule has 2 aromatic rings. The van der Waals surface area contributed by atoms with Gasteiger partial charge in [0.25, 0.3) is 5.91 Å². The van der Waals surface area contributed by atoms with Crippen LogP contribution in [-0.4, -0.2) is 52.1 Å². The minimum atomic E-state index is -0.225. The van der Waals surface area contributed by atoms with Crippen molar-refractivity contribution in [2.45, 2.75) is 50.9 Å². The summed E-state index contributed by atoms with van der Waals surface area (Å²) < 4.78 is 7.34. The predicted octanol–water partition coefficient (Wildman–Crippen LogP) is 1.57. The average Bonchev–Trinajstić information content (AvgIpc) is 2.96. The van der Waals surface area contributed by atoms with Gasteiger partial charge in [-0.2, -0.15) is 5.10 Å². The van der Waals surface area contributed by atoms with Crippen LogP contribution in [0.3, 0.4) is 0 Å². The summed E-state index contributed by atoms with van der Waals surface area (Å²) in [7, 11) is 0. The molecular formula is C18H24N4O3. The Bertz CT molecular complexity index is 789. The van der Waals surface area contributed by atoms with Crippen LogP contribution >= 0.6 is 0 Å². The van der Waals surface area contributed by atoms with Crippen LogP contribution in [0.5, 0.6) is 5.75 Å². The van der Waals surface area contributed by atoms with Crippen molar-refractivity contribution in [1.82, 2.24) is 20.4 Å². The second-order valence-corrected chi connectivity index (χ2v) is 7.30. The molecule has 1 unspecified atom stereocenters. The number of phenols is 1. The molecule has 2 fully saturated rings. The van der Waals surface area contributed by atoms with Gasteiger partial charge in [-0.05, 0) is 38.8 Å². The van der Waals surface area contributed by atoms with Crippen LogP contribution in [0, 0.1) is 0 Å². The Labute approximate surface area is 146 Å². The highest BCUT2D eigenvalue weighted by atomic mass is 16.5. The number of amides is 1. The molecule has 134 valence electrons. The smallest absolute Gasteiger partial charge is 0.272 e. The SMILES string of the molecule is CC(C)n1nc(C(=O)NC2C[C@H]3COC[C@@H](C2)N3)c2c(O)cccc21. The number of morpholine rings is 1. The summed E-state index contributed by atoms with van der Waals surface area (Å²) in [5, 5.41) is 21.9. The molecule has 2 bridgehead atoms. The van der Waals surface area contributed by atoms with Crippen LogP contribution in [0.1, 0.15) is 43.2 Å². The molecular weight excluding hydrogens is 320 g/mol. The first kappa shape index (κ1) is 16.4. The number of hydrogen-bond acceptors (Lipinski definition) is 5. The Hall–Kier alpha value is -2.12. The van der Waals surface area contributed by atoms with Crippen molar-refractivity contribution < 1.29 is 14.6 Å². The Morgan fingerprint density at radius 1 is 1.36 bits per heavy atom. The number of nitrogens with zero attached hydrogens (tertiary/aromatic N) is 2. The Morgan fingerprint density at radius 3 is 2.76 bits per heavy atom.